The summed E-state index contributed by atoms with van der Waals surface area (Å²) < 4.78 is 1.21. The fourth-order valence-corrected chi connectivity index (χ4v) is 2.77. The van der Waals surface area contributed by atoms with Gasteiger partial charge in [-0.25, -0.2) is 9.97 Å². The average molecular weight is 234 g/mol. The van der Waals surface area contributed by atoms with Gasteiger partial charge in [0, 0.05) is 6.20 Å². The number of fused-ring (bicyclic) bond motifs is 1. The molecule has 0 saturated carbocycles. The van der Waals surface area contributed by atoms with Crippen LogP contribution in [-0.4, -0.2) is 9.97 Å². The largest absolute Gasteiger partial charge is 0.236 e. The molecule has 2 rings (SSSR count). The maximum absolute atomic E-state index is 4.54. The number of rotatable bonds is 6. The lowest BCUT2D eigenvalue weighted by molar-refractivity contribution is 0.631. The number of hydrogen-bond donors (Lipinski definition) is 0. The fraction of sp³-hybridized carbons (Fsp3) is 0.538. The van der Waals surface area contributed by atoms with Crippen LogP contribution >= 0.6 is 11.3 Å². The van der Waals surface area contributed by atoms with Crippen molar-refractivity contribution in [2.75, 3.05) is 0 Å². The number of hydrogen-bond acceptors (Lipinski definition) is 3. The predicted octanol–water partition coefficient (Wildman–Crippen LogP) is 4.20. The lowest BCUT2D eigenvalue weighted by Crippen LogP contribution is -1.84. The minimum absolute atomic E-state index is 0.913. The van der Waals surface area contributed by atoms with Crippen LogP contribution in [0.5, 0.6) is 0 Å². The molecule has 0 unspecified atom stereocenters. The quantitative estimate of drug-likeness (QED) is 0.700. The van der Waals surface area contributed by atoms with Crippen molar-refractivity contribution in [3.05, 3.63) is 23.3 Å². The van der Waals surface area contributed by atoms with Crippen molar-refractivity contribution < 1.29 is 0 Å². The Morgan fingerprint density at radius 2 is 2.06 bits per heavy atom. The summed E-state index contributed by atoms with van der Waals surface area (Å²) in [5, 5.41) is 1.24. The Kier molecular flexibility index (Phi) is 4.28. The van der Waals surface area contributed by atoms with E-state index in [1.807, 2.05) is 12.3 Å². The molecule has 16 heavy (non-hydrogen) atoms. The van der Waals surface area contributed by atoms with Crippen LogP contribution < -0.4 is 0 Å². The van der Waals surface area contributed by atoms with E-state index in [4.69, 9.17) is 0 Å². The van der Waals surface area contributed by atoms with Gasteiger partial charge in [0.15, 0.2) is 5.65 Å². The van der Waals surface area contributed by atoms with Crippen LogP contribution in [0.1, 0.15) is 44.0 Å². The molecule has 86 valence electrons. The zero-order chi connectivity index (χ0) is 11.2. The summed E-state index contributed by atoms with van der Waals surface area (Å²) in [6, 6.07) is 4.08. The van der Waals surface area contributed by atoms with Crippen LogP contribution in [0.4, 0.5) is 0 Å². The van der Waals surface area contributed by atoms with Gasteiger partial charge in [-0.1, -0.05) is 32.6 Å². The van der Waals surface area contributed by atoms with E-state index in [9.17, 15) is 0 Å². The van der Waals surface area contributed by atoms with Gasteiger partial charge in [0.2, 0.25) is 0 Å². The minimum atomic E-state index is 0.913. The number of aryl methyl sites for hydroxylation is 1. The highest BCUT2D eigenvalue weighted by molar-refractivity contribution is 7.18. The summed E-state index contributed by atoms with van der Waals surface area (Å²) in [5.41, 5.74) is 0.913. The standard InChI is InChI=1S/C13H18N2S/c1-2-3-4-5-6-9-12-15-13-11(16-12)8-7-10-14-13/h7-8,10H,2-6,9H2,1H3. The van der Waals surface area contributed by atoms with Gasteiger partial charge in [0.25, 0.3) is 0 Å². The first-order valence-electron chi connectivity index (χ1n) is 6.10. The third-order valence-electron chi connectivity index (χ3n) is 2.70. The van der Waals surface area contributed by atoms with Gasteiger partial charge < -0.3 is 0 Å². The van der Waals surface area contributed by atoms with Gasteiger partial charge in [-0.05, 0) is 25.0 Å². The first kappa shape index (κ1) is 11.5. The SMILES string of the molecule is CCCCCCCc1nc2ncccc2s1. The summed E-state index contributed by atoms with van der Waals surface area (Å²) in [7, 11) is 0. The smallest absolute Gasteiger partial charge is 0.170 e. The second kappa shape index (κ2) is 5.94. The van der Waals surface area contributed by atoms with E-state index in [1.165, 1.54) is 41.8 Å². The molecular formula is C13H18N2S. The summed E-state index contributed by atoms with van der Waals surface area (Å²) in [5.74, 6) is 0. The van der Waals surface area contributed by atoms with Crippen LogP contribution in [0.3, 0.4) is 0 Å². The van der Waals surface area contributed by atoms with Crippen LogP contribution in [0, 0.1) is 0 Å². The van der Waals surface area contributed by atoms with Gasteiger partial charge >= 0.3 is 0 Å². The second-order valence-corrected chi connectivity index (χ2v) is 5.21. The number of nitrogens with zero attached hydrogens (tertiary/aromatic N) is 2. The van der Waals surface area contributed by atoms with Crippen molar-refractivity contribution in [2.24, 2.45) is 0 Å². The minimum Gasteiger partial charge on any atom is -0.236 e. The molecule has 0 aliphatic rings. The molecule has 2 heterocycles. The molecule has 2 aromatic rings. The molecular weight excluding hydrogens is 216 g/mol. The van der Waals surface area contributed by atoms with Crippen molar-refractivity contribution in [3.8, 4) is 0 Å². The fourth-order valence-electron chi connectivity index (χ4n) is 1.80. The van der Waals surface area contributed by atoms with E-state index >= 15 is 0 Å². The Labute approximate surface area is 101 Å². The Hall–Kier alpha value is -0.960. The Morgan fingerprint density at radius 1 is 1.19 bits per heavy atom. The normalized spacial score (nSPS) is 11.1. The topological polar surface area (TPSA) is 25.8 Å². The highest BCUT2D eigenvalue weighted by atomic mass is 32.1. The molecule has 0 aromatic carbocycles. The molecule has 3 heteroatoms. The lowest BCUT2D eigenvalue weighted by Gasteiger charge is -1.96. The molecule has 0 radical (unpaired) electrons. The van der Waals surface area contributed by atoms with E-state index < -0.39 is 0 Å². The number of unbranched alkanes of at least 4 members (excludes halogenated alkanes) is 4. The van der Waals surface area contributed by atoms with Crippen LogP contribution in [0.2, 0.25) is 0 Å². The first-order chi connectivity index (χ1) is 7.90. The average Bonchev–Trinajstić information content (AvgIpc) is 2.71. The van der Waals surface area contributed by atoms with Crippen molar-refractivity contribution in [3.63, 3.8) is 0 Å². The van der Waals surface area contributed by atoms with E-state index in [0.717, 1.165) is 12.1 Å². The highest BCUT2D eigenvalue weighted by Crippen LogP contribution is 2.21. The Balaban J connectivity index is 1.85. The molecule has 0 aliphatic carbocycles. The molecule has 0 atom stereocenters. The molecule has 2 nitrogen and oxygen atoms in total. The van der Waals surface area contributed by atoms with Gasteiger partial charge in [-0.2, -0.15) is 0 Å². The third-order valence-corrected chi connectivity index (χ3v) is 3.77. The molecule has 0 amide bonds. The monoisotopic (exact) mass is 234 g/mol. The van der Waals surface area contributed by atoms with Crippen molar-refractivity contribution in [2.45, 2.75) is 45.4 Å². The van der Waals surface area contributed by atoms with Gasteiger partial charge in [-0.3, -0.25) is 0 Å². The predicted molar refractivity (Wildman–Crippen MR) is 69.9 cm³/mol. The molecule has 0 N–H and O–H groups in total. The highest BCUT2D eigenvalue weighted by Gasteiger charge is 2.03. The van der Waals surface area contributed by atoms with E-state index in [-0.39, 0.29) is 0 Å². The molecule has 0 spiro atoms. The van der Waals surface area contributed by atoms with Crippen molar-refractivity contribution >= 4 is 21.7 Å². The summed E-state index contributed by atoms with van der Waals surface area (Å²) in [6.45, 7) is 2.25. The van der Waals surface area contributed by atoms with E-state index in [1.54, 1.807) is 11.3 Å². The maximum atomic E-state index is 4.54. The van der Waals surface area contributed by atoms with E-state index in [2.05, 4.69) is 23.0 Å². The second-order valence-electron chi connectivity index (χ2n) is 4.10. The molecule has 0 aliphatic heterocycles. The molecule has 0 fully saturated rings. The first-order valence-corrected chi connectivity index (χ1v) is 6.92. The zero-order valence-electron chi connectivity index (χ0n) is 9.78. The van der Waals surface area contributed by atoms with Gasteiger partial charge in [0.05, 0.1) is 9.71 Å². The third kappa shape index (κ3) is 3.01. The van der Waals surface area contributed by atoms with Crippen LogP contribution in [0.25, 0.3) is 10.3 Å². The molecule has 0 saturated heterocycles. The molecule has 2 aromatic heterocycles. The van der Waals surface area contributed by atoms with E-state index in [0.29, 0.717) is 0 Å². The van der Waals surface area contributed by atoms with Gasteiger partial charge in [0.1, 0.15) is 0 Å². The summed E-state index contributed by atoms with van der Waals surface area (Å²) in [4.78, 5) is 8.80. The maximum Gasteiger partial charge on any atom is 0.170 e. The van der Waals surface area contributed by atoms with Gasteiger partial charge in [-0.15, -0.1) is 11.3 Å². The van der Waals surface area contributed by atoms with Crippen molar-refractivity contribution in [1.29, 1.82) is 0 Å². The summed E-state index contributed by atoms with van der Waals surface area (Å²) >= 11 is 1.79. The number of aromatic nitrogens is 2. The Morgan fingerprint density at radius 3 is 2.88 bits per heavy atom. The number of thiazole rings is 1. The molecule has 0 bridgehead atoms. The van der Waals surface area contributed by atoms with Crippen LogP contribution in [0.15, 0.2) is 18.3 Å². The zero-order valence-corrected chi connectivity index (χ0v) is 10.6. The number of pyridine rings is 1. The Bertz CT molecular complexity index is 403. The summed E-state index contributed by atoms with van der Waals surface area (Å²) in [6.07, 6.45) is 9.56. The van der Waals surface area contributed by atoms with Crippen LogP contribution in [-0.2, 0) is 6.42 Å². The van der Waals surface area contributed by atoms with Crippen molar-refractivity contribution in [1.82, 2.24) is 9.97 Å². The lowest BCUT2D eigenvalue weighted by atomic mass is 10.1.